The van der Waals surface area contributed by atoms with Gasteiger partial charge in [-0.25, -0.2) is 9.68 Å². The number of rotatable bonds is 16. The number of hydrogen-bond donors (Lipinski definition) is 2. The number of amides is 1. The van der Waals surface area contributed by atoms with Crippen LogP contribution in [0.15, 0.2) is 34.9 Å². The largest absolute Gasteiger partial charge is 0.394 e. The van der Waals surface area contributed by atoms with Gasteiger partial charge in [-0.05, 0) is 59.8 Å². The third kappa shape index (κ3) is 14.8. The SMILES string of the molecule is CC(=O)CCC=C(C)CCC=C(C)CCC=C(C)C(=O)N(OCCO)OCCO. The minimum atomic E-state index is -0.458. The lowest BCUT2D eigenvalue weighted by Crippen LogP contribution is -2.34. The number of carbonyl (C=O) groups is 2. The topological polar surface area (TPSA) is 96.3 Å². The van der Waals surface area contributed by atoms with Crippen molar-refractivity contribution in [3.05, 3.63) is 34.9 Å². The van der Waals surface area contributed by atoms with Crippen molar-refractivity contribution in [2.45, 2.75) is 66.2 Å². The fourth-order valence-corrected chi connectivity index (χ4v) is 2.42. The number of allylic oxidation sites excluding steroid dienone is 5. The van der Waals surface area contributed by atoms with Gasteiger partial charge < -0.3 is 15.0 Å². The third-order valence-corrected chi connectivity index (χ3v) is 4.11. The lowest BCUT2D eigenvalue weighted by Gasteiger charge is -2.20. The molecule has 1 amide bonds. The molecule has 0 radical (unpaired) electrons. The quantitative estimate of drug-likeness (QED) is 0.229. The average molecular weight is 412 g/mol. The van der Waals surface area contributed by atoms with Crippen LogP contribution in [-0.4, -0.2) is 53.6 Å². The Labute approximate surface area is 174 Å². The van der Waals surface area contributed by atoms with Crippen LogP contribution in [0.4, 0.5) is 0 Å². The molecule has 0 saturated heterocycles. The number of carbonyl (C=O) groups excluding carboxylic acids is 2. The zero-order chi connectivity index (χ0) is 22.1. The summed E-state index contributed by atoms with van der Waals surface area (Å²) in [7, 11) is 0. The Morgan fingerprint density at radius 1 is 0.759 bits per heavy atom. The first kappa shape index (κ1) is 27.2. The van der Waals surface area contributed by atoms with E-state index in [1.54, 1.807) is 13.8 Å². The minimum Gasteiger partial charge on any atom is -0.394 e. The number of hydrogen-bond acceptors (Lipinski definition) is 6. The molecule has 0 spiro atoms. The van der Waals surface area contributed by atoms with Crippen LogP contribution in [0.25, 0.3) is 0 Å². The van der Waals surface area contributed by atoms with Gasteiger partial charge in [-0.1, -0.05) is 34.6 Å². The van der Waals surface area contributed by atoms with Crippen LogP contribution in [0.5, 0.6) is 0 Å². The van der Waals surface area contributed by atoms with Gasteiger partial charge in [0.15, 0.2) is 0 Å². The number of Topliss-reactive ketones (excluding diaryl/α,β-unsaturated/α-hetero) is 1. The number of nitrogens with zero attached hydrogens (tertiary/aromatic N) is 1. The van der Waals surface area contributed by atoms with Crippen molar-refractivity contribution in [2.24, 2.45) is 0 Å². The summed E-state index contributed by atoms with van der Waals surface area (Å²) >= 11 is 0. The average Bonchev–Trinajstić information content (AvgIpc) is 2.67. The van der Waals surface area contributed by atoms with E-state index < -0.39 is 5.91 Å². The lowest BCUT2D eigenvalue weighted by molar-refractivity contribution is -0.342. The van der Waals surface area contributed by atoms with E-state index in [4.69, 9.17) is 19.9 Å². The Morgan fingerprint density at radius 3 is 1.66 bits per heavy atom. The van der Waals surface area contributed by atoms with Crippen molar-refractivity contribution in [3.8, 4) is 0 Å². The Hall–Kier alpha value is -1.80. The Kier molecular flexibility index (Phi) is 16.0. The maximum atomic E-state index is 12.3. The number of aliphatic hydroxyl groups is 2. The zero-order valence-electron chi connectivity index (χ0n) is 18.3. The van der Waals surface area contributed by atoms with E-state index in [1.807, 2.05) is 6.08 Å². The fourth-order valence-electron chi connectivity index (χ4n) is 2.42. The van der Waals surface area contributed by atoms with E-state index in [1.165, 1.54) is 11.1 Å². The highest BCUT2D eigenvalue weighted by molar-refractivity contribution is 5.91. The molecule has 0 unspecified atom stereocenters. The van der Waals surface area contributed by atoms with Crippen molar-refractivity contribution in [2.75, 3.05) is 26.4 Å². The fraction of sp³-hybridized carbons (Fsp3) is 0.636. The summed E-state index contributed by atoms with van der Waals surface area (Å²) in [6, 6.07) is 0. The standard InChI is InChI=1S/C22H37NO6/c1-18(8-5-9-19(2)11-7-13-21(4)26)10-6-12-20(3)22(27)23(28-16-14-24)29-17-15-25/h8,11-12,24-25H,5-7,9-10,13-17H2,1-4H3. The molecular formula is C22H37NO6. The first-order valence-corrected chi connectivity index (χ1v) is 10.1. The molecule has 29 heavy (non-hydrogen) atoms. The molecule has 0 aliphatic carbocycles. The monoisotopic (exact) mass is 411 g/mol. The van der Waals surface area contributed by atoms with E-state index in [9.17, 15) is 9.59 Å². The van der Waals surface area contributed by atoms with Crippen molar-refractivity contribution in [1.82, 2.24) is 5.23 Å². The van der Waals surface area contributed by atoms with Gasteiger partial charge >= 0.3 is 0 Å². The predicted octanol–water partition coefficient (Wildman–Crippen LogP) is 3.43. The molecule has 0 fully saturated rings. The van der Waals surface area contributed by atoms with Gasteiger partial charge in [0.1, 0.15) is 19.0 Å². The van der Waals surface area contributed by atoms with Crippen LogP contribution in [0.2, 0.25) is 0 Å². The zero-order valence-corrected chi connectivity index (χ0v) is 18.3. The summed E-state index contributed by atoms with van der Waals surface area (Å²) in [6.07, 6.45) is 11.0. The van der Waals surface area contributed by atoms with E-state index in [-0.39, 0.29) is 32.2 Å². The molecule has 166 valence electrons. The van der Waals surface area contributed by atoms with E-state index in [2.05, 4.69) is 26.0 Å². The molecule has 2 N–H and O–H groups in total. The van der Waals surface area contributed by atoms with Crippen molar-refractivity contribution in [1.29, 1.82) is 0 Å². The number of ketones is 1. The van der Waals surface area contributed by atoms with Crippen LogP contribution in [-0.2, 0) is 19.3 Å². The van der Waals surface area contributed by atoms with Gasteiger partial charge in [0.2, 0.25) is 0 Å². The molecule has 0 rings (SSSR count). The molecule has 0 atom stereocenters. The first-order chi connectivity index (χ1) is 13.8. The molecule has 0 bridgehead atoms. The van der Waals surface area contributed by atoms with Gasteiger partial charge in [0, 0.05) is 12.0 Å². The maximum absolute atomic E-state index is 12.3. The van der Waals surface area contributed by atoms with Gasteiger partial charge in [-0.2, -0.15) is 0 Å². The van der Waals surface area contributed by atoms with Crippen molar-refractivity contribution in [3.63, 3.8) is 0 Å². The molecular weight excluding hydrogens is 374 g/mol. The highest BCUT2D eigenvalue weighted by atomic mass is 17.0. The second-order valence-electron chi connectivity index (χ2n) is 6.98. The summed E-state index contributed by atoms with van der Waals surface area (Å²) in [5, 5.41) is 18.4. The van der Waals surface area contributed by atoms with Crippen LogP contribution in [0.1, 0.15) is 66.2 Å². The van der Waals surface area contributed by atoms with Crippen LogP contribution < -0.4 is 0 Å². The Morgan fingerprint density at radius 2 is 1.21 bits per heavy atom. The summed E-state index contributed by atoms with van der Waals surface area (Å²) < 4.78 is 0. The minimum absolute atomic E-state index is 0.0745. The molecule has 0 saturated carbocycles. The molecule has 0 aromatic rings. The van der Waals surface area contributed by atoms with E-state index in [0.717, 1.165) is 25.7 Å². The molecule has 7 nitrogen and oxygen atoms in total. The molecule has 7 heteroatoms. The van der Waals surface area contributed by atoms with Gasteiger partial charge in [-0.3, -0.25) is 4.79 Å². The van der Waals surface area contributed by atoms with Gasteiger partial charge in [0.05, 0.1) is 13.2 Å². The molecule has 0 aliphatic rings. The van der Waals surface area contributed by atoms with Crippen molar-refractivity contribution >= 4 is 11.7 Å². The van der Waals surface area contributed by atoms with Gasteiger partial charge in [0.25, 0.3) is 5.91 Å². The van der Waals surface area contributed by atoms with E-state index in [0.29, 0.717) is 23.6 Å². The highest BCUT2D eigenvalue weighted by Crippen LogP contribution is 2.13. The summed E-state index contributed by atoms with van der Waals surface area (Å²) in [5.41, 5.74) is 3.02. The molecule has 0 aliphatic heterocycles. The van der Waals surface area contributed by atoms with Crippen LogP contribution >= 0.6 is 0 Å². The number of hydroxylamine groups is 2. The van der Waals surface area contributed by atoms with Gasteiger partial charge in [-0.15, -0.1) is 0 Å². The second kappa shape index (κ2) is 17.1. The maximum Gasteiger partial charge on any atom is 0.299 e. The highest BCUT2D eigenvalue weighted by Gasteiger charge is 2.17. The Bertz CT molecular complexity index is 572. The van der Waals surface area contributed by atoms with E-state index >= 15 is 0 Å². The first-order valence-electron chi connectivity index (χ1n) is 10.1. The normalized spacial score (nSPS) is 13.0. The summed E-state index contributed by atoms with van der Waals surface area (Å²) in [4.78, 5) is 33.3. The third-order valence-electron chi connectivity index (χ3n) is 4.11. The number of aliphatic hydroxyl groups excluding tert-OH is 2. The lowest BCUT2D eigenvalue weighted by atomic mass is 10.1. The second-order valence-corrected chi connectivity index (χ2v) is 6.98. The predicted molar refractivity (Wildman–Crippen MR) is 113 cm³/mol. The molecule has 0 aromatic heterocycles. The molecule has 0 aromatic carbocycles. The Balaban J connectivity index is 4.42. The molecule has 0 heterocycles. The summed E-state index contributed by atoms with van der Waals surface area (Å²) in [5.74, 6) is -0.241. The summed E-state index contributed by atoms with van der Waals surface area (Å²) in [6.45, 7) is 6.80. The smallest absolute Gasteiger partial charge is 0.299 e. The van der Waals surface area contributed by atoms with Crippen molar-refractivity contribution < 1.29 is 29.5 Å². The van der Waals surface area contributed by atoms with Crippen LogP contribution in [0, 0.1) is 0 Å². The van der Waals surface area contributed by atoms with Crippen LogP contribution in [0.3, 0.4) is 0 Å².